The summed E-state index contributed by atoms with van der Waals surface area (Å²) in [6, 6.07) is 4.81. The van der Waals surface area contributed by atoms with Crippen molar-refractivity contribution >= 4 is 18.6 Å². The van der Waals surface area contributed by atoms with E-state index in [9.17, 15) is 4.79 Å². The average Bonchev–Trinajstić information content (AvgIpc) is 2.45. The minimum Gasteiger partial charge on any atom is -0.489 e. The number of carboxylic acids is 1. The van der Waals surface area contributed by atoms with Gasteiger partial charge in [0.1, 0.15) is 17.9 Å². The molecule has 1 fully saturated rings. The summed E-state index contributed by atoms with van der Waals surface area (Å²) in [5.74, 6) is -0.760. The van der Waals surface area contributed by atoms with Crippen LogP contribution in [0.4, 0.5) is 0 Å². The lowest BCUT2D eigenvalue weighted by Gasteiger charge is -2.22. The Morgan fingerprint density at radius 3 is 2.95 bits per heavy atom. The Morgan fingerprint density at radius 2 is 2.25 bits per heavy atom. The molecule has 0 aromatic heterocycles. The Kier molecular flexibility index (Phi) is 5.70. The van der Waals surface area contributed by atoms with Gasteiger partial charge in [-0.2, -0.15) is 0 Å². The molecule has 0 bridgehead atoms. The highest BCUT2D eigenvalue weighted by molar-refractivity contribution is 7.80. The number of ether oxygens (including phenoxy) is 3. The Hall–Kier alpha value is -1.24. The number of hydrogen-bond acceptors (Lipinski definition) is 5. The molecular formula is C14H18O5S. The number of aromatic carboxylic acids is 1. The molecule has 20 heavy (non-hydrogen) atoms. The Labute approximate surface area is 123 Å². The van der Waals surface area contributed by atoms with E-state index in [2.05, 4.69) is 12.6 Å². The summed E-state index contributed by atoms with van der Waals surface area (Å²) in [6.07, 6.45) is 2.90. The zero-order chi connectivity index (χ0) is 14.4. The van der Waals surface area contributed by atoms with Gasteiger partial charge in [-0.05, 0) is 31.4 Å². The maximum Gasteiger partial charge on any atom is 0.339 e. The van der Waals surface area contributed by atoms with Gasteiger partial charge in [0.2, 0.25) is 0 Å². The second-order valence-electron chi connectivity index (χ2n) is 4.47. The third kappa shape index (κ3) is 4.13. The van der Waals surface area contributed by atoms with Crippen LogP contribution in [0.3, 0.4) is 0 Å². The van der Waals surface area contributed by atoms with Crippen molar-refractivity contribution in [1.82, 2.24) is 0 Å². The average molecular weight is 298 g/mol. The molecule has 1 aliphatic heterocycles. The van der Waals surface area contributed by atoms with E-state index < -0.39 is 5.97 Å². The summed E-state index contributed by atoms with van der Waals surface area (Å²) < 4.78 is 16.4. The van der Waals surface area contributed by atoms with Crippen LogP contribution < -0.4 is 4.74 Å². The zero-order valence-electron chi connectivity index (χ0n) is 11.1. The summed E-state index contributed by atoms with van der Waals surface area (Å²) in [6.45, 7) is 1.34. The predicted molar refractivity (Wildman–Crippen MR) is 75.7 cm³/mol. The minimum absolute atomic E-state index is 0.103. The van der Waals surface area contributed by atoms with Crippen LogP contribution in [0.5, 0.6) is 5.75 Å². The molecule has 1 N–H and O–H groups in total. The molecule has 6 heteroatoms. The van der Waals surface area contributed by atoms with Crippen LogP contribution in [0.2, 0.25) is 0 Å². The van der Waals surface area contributed by atoms with Gasteiger partial charge in [-0.25, -0.2) is 4.79 Å². The van der Waals surface area contributed by atoms with Crippen LogP contribution in [0.25, 0.3) is 0 Å². The first-order valence-electron chi connectivity index (χ1n) is 6.60. The van der Waals surface area contributed by atoms with Gasteiger partial charge < -0.3 is 19.3 Å². The van der Waals surface area contributed by atoms with Gasteiger partial charge in [0.15, 0.2) is 6.29 Å². The number of carboxylic acid groups (broad SMARTS) is 1. The number of para-hydroxylation sites is 1. The molecule has 2 rings (SSSR count). The van der Waals surface area contributed by atoms with Crippen molar-refractivity contribution in [2.24, 2.45) is 0 Å². The lowest BCUT2D eigenvalue weighted by molar-refractivity contribution is -0.165. The molecule has 1 saturated heterocycles. The fourth-order valence-corrected chi connectivity index (χ4v) is 2.28. The van der Waals surface area contributed by atoms with Gasteiger partial charge in [-0.3, -0.25) is 0 Å². The minimum atomic E-state index is -1.03. The molecule has 0 saturated carbocycles. The van der Waals surface area contributed by atoms with Crippen molar-refractivity contribution in [3.63, 3.8) is 0 Å². The van der Waals surface area contributed by atoms with E-state index in [1.54, 1.807) is 12.1 Å². The standard InChI is InChI=1S/C14H18O5S/c15-14(16)10-4-3-5-11(20)13(10)19-9-8-18-12-6-1-2-7-17-12/h3-5,12,20H,1-2,6-9H2,(H,15,16). The Bertz CT molecular complexity index is 457. The molecule has 0 spiro atoms. The first-order valence-corrected chi connectivity index (χ1v) is 7.04. The molecular weight excluding hydrogens is 280 g/mol. The van der Waals surface area contributed by atoms with Gasteiger partial charge >= 0.3 is 5.97 Å². The van der Waals surface area contributed by atoms with Gasteiger partial charge in [0.05, 0.1) is 6.61 Å². The van der Waals surface area contributed by atoms with E-state index in [1.165, 1.54) is 6.07 Å². The topological polar surface area (TPSA) is 65.0 Å². The summed E-state index contributed by atoms with van der Waals surface area (Å²) in [5.41, 5.74) is 0.103. The maximum absolute atomic E-state index is 11.1. The fraction of sp³-hybridized carbons (Fsp3) is 0.500. The summed E-state index contributed by atoms with van der Waals surface area (Å²) >= 11 is 4.21. The van der Waals surface area contributed by atoms with Gasteiger partial charge in [-0.15, -0.1) is 12.6 Å². The fourth-order valence-electron chi connectivity index (χ4n) is 2.01. The second-order valence-corrected chi connectivity index (χ2v) is 4.96. The molecule has 0 amide bonds. The van der Waals surface area contributed by atoms with Crippen LogP contribution in [0.15, 0.2) is 23.1 Å². The van der Waals surface area contributed by atoms with E-state index in [1.807, 2.05) is 0 Å². The molecule has 5 nitrogen and oxygen atoms in total. The van der Waals surface area contributed by atoms with Crippen molar-refractivity contribution in [3.05, 3.63) is 23.8 Å². The van der Waals surface area contributed by atoms with E-state index >= 15 is 0 Å². The third-order valence-corrected chi connectivity index (χ3v) is 3.35. The molecule has 1 aromatic rings. The van der Waals surface area contributed by atoms with Crippen molar-refractivity contribution < 1.29 is 24.1 Å². The van der Waals surface area contributed by atoms with Crippen LogP contribution in [-0.2, 0) is 9.47 Å². The van der Waals surface area contributed by atoms with Crippen LogP contribution in [0.1, 0.15) is 29.6 Å². The van der Waals surface area contributed by atoms with Crippen LogP contribution in [-0.4, -0.2) is 37.2 Å². The lowest BCUT2D eigenvalue weighted by atomic mass is 10.2. The Balaban J connectivity index is 1.83. The summed E-state index contributed by atoms with van der Waals surface area (Å²) in [5, 5.41) is 9.09. The highest BCUT2D eigenvalue weighted by atomic mass is 32.1. The molecule has 0 radical (unpaired) electrons. The molecule has 1 unspecified atom stereocenters. The van der Waals surface area contributed by atoms with Crippen molar-refractivity contribution in [2.45, 2.75) is 30.4 Å². The zero-order valence-corrected chi connectivity index (χ0v) is 12.0. The number of benzene rings is 1. The first kappa shape index (κ1) is 15.2. The first-order chi connectivity index (χ1) is 9.68. The summed E-state index contributed by atoms with van der Waals surface area (Å²) in [7, 11) is 0. The van der Waals surface area contributed by atoms with Crippen molar-refractivity contribution in [2.75, 3.05) is 19.8 Å². The lowest BCUT2D eigenvalue weighted by Crippen LogP contribution is -2.24. The van der Waals surface area contributed by atoms with Gasteiger partial charge in [0, 0.05) is 11.5 Å². The molecule has 0 aliphatic carbocycles. The van der Waals surface area contributed by atoms with E-state index in [4.69, 9.17) is 19.3 Å². The quantitative estimate of drug-likeness (QED) is 0.624. The number of rotatable bonds is 6. The highest BCUT2D eigenvalue weighted by Gasteiger charge is 2.16. The van der Waals surface area contributed by atoms with E-state index in [-0.39, 0.29) is 24.2 Å². The van der Waals surface area contributed by atoms with Crippen LogP contribution >= 0.6 is 12.6 Å². The smallest absolute Gasteiger partial charge is 0.339 e. The third-order valence-electron chi connectivity index (χ3n) is 3.00. The largest absolute Gasteiger partial charge is 0.489 e. The predicted octanol–water partition coefficient (Wildman–Crippen LogP) is 2.60. The molecule has 110 valence electrons. The molecule has 1 heterocycles. The van der Waals surface area contributed by atoms with Gasteiger partial charge in [0.25, 0.3) is 0 Å². The molecule has 1 aliphatic rings. The normalized spacial score (nSPS) is 18.8. The molecule has 1 aromatic carbocycles. The SMILES string of the molecule is O=C(O)c1cccc(S)c1OCCOC1CCCCO1. The molecule has 1 atom stereocenters. The van der Waals surface area contributed by atoms with Crippen molar-refractivity contribution in [3.8, 4) is 5.75 Å². The van der Waals surface area contributed by atoms with Crippen molar-refractivity contribution in [1.29, 1.82) is 0 Å². The van der Waals surface area contributed by atoms with Gasteiger partial charge in [-0.1, -0.05) is 6.07 Å². The summed E-state index contributed by atoms with van der Waals surface area (Å²) in [4.78, 5) is 11.6. The maximum atomic E-state index is 11.1. The second kappa shape index (κ2) is 7.52. The number of carbonyl (C=O) groups is 1. The highest BCUT2D eigenvalue weighted by Crippen LogP contribution is 2.27. The number of thiol groups is 1. The Morgan fingerprint density at radius 1 is 1.40 bits per heavy atom. The van der Waals surface area contributed by atoms with Crippen LogP contribution in [0, 0.1) is 0 Å². The van der Waals surface area contributed by atoms with E-state index in [0.29, 0.717) is 11.5 Å². The van der Waals surface area contributed by atoms with E-state index in [0.717, 1.165) is 25.9 Å². The number of hydrogen-bond donors (Lipinski definition) is 2. The monoisotopic (exact) mass is 298 g/mol.